The molecule has 1 aromatic carbocycles. The van der Waals surface area contributed by atoms with Crippen molar-refractivity contribution in [2.45, 2.75) is 6.92 Å². The van der Waals surface area contributed by atoms with E-state index >= 15 is 0 Å². The highest BCUT2D eigenvalue weighted by molar-refractivity contribution is 5.90. The second-order valence-corrected chi connectivity index (χ2v) is 3.85. The normalized spacial score (nSPS) is 10.8. The first-order valence-electron chi connectivity index (χ1n) is 5.21. The number of hydrogen-bond donors (Lipinski definition) is 1. The van der Waals surface area contributed by atoms with Gasteiger partial charge in [0.05, 0.1) is 5.69 Å². The van der Waals surface area contributed by atoms with Crippen molar-refractivity contribution in [2.24, 2.45) is 0 Å². The van der Waals surface area contributed by atoms with Crippen LogP contribution in [0.1, 0.15) is 5.56 Å². The zero-order valence-electron chi connectivity index (χ0n) is 8.94. The molecule has 16 heavy (non-hydrogen) atoms. The Morgan fingerprint density at radius 3 is 2.75 bits per heavy atom. The molecule has 2 heterocycles. The lowest BCUT2D eigenvalue weighted by molar-refractivity contribution is 1.10. The molecule has 0 fully saturated rings. The average molecular weight is 209 g/mol. The number of hydrogen-bond acceptors (Lipinski definition) is 2. The summed E-state index contributed by atoms with van der Waals surface area (Å²) in [6, 6.07) is 12.3. The summed E-state index contributed by atoms with van der Waals surface area (Å²) in [5, 5.41) is 8.32. The third-order valence-electron chi connectivity index (χ3n) is 2.61. The van der Waals surface area contributed by atoms with Gasteiger partial charge >= 0.3 is 0 Å². The van der Waals surface area contributed by atoms with Crippen LogP contribution in [0.15, 0.2) is 42.6 Å². The fourth-order valence-corrected chi connectivity index (χ4v) is 1.83. The van der Waals surface area contributed by atoms with E-state index in [9.17, 15) is 0 Å². The number of rotatable bonds is 1. The number of benzene rings is 1. The maximum absolute atomic E-state index is 4.28. The van der Waals surface area contributed by atoms with Gasteiger partial charge in [0.1, 0.15) is 0 Å². The van der Waals surface area contributed by atoms with E-state index in [0.717, 1.165) is 27.9 Å². The summed E-state index contributed by atoms with van der Waals surface area (Å²) in [5.74, 6) is 0. The monoisotopic (exact) mass is 209 g/mol. The van der Waals surface area contributed by atoms with Gasteiger partial charge in [0.25, 0.3) is 0 Å². The molecule has 0 unspecified atom stereocenters. The predicted octanol–water partition coefficient (Wildman–Crippen LogP) is 2.93. The van der Waals surface area contributed by atoms with Gasteiger partial charge in [0, 0.05) is 17.1 Å². The molecule has 0 atom stereocenters. The molecule has 3 rings (SSSR count). The quantitative estimate of drug-likeness (QED) is 0.669. The highest BCUT2D eigenvalue weighted by atomic mass is 15.1. The summed E-state index contributed by atoms with van der Waals surface area (Å²) < 4.78 is 0. The molecule has 0 bridgehead atoms. The molecular weight excluding hydrogens is 198 g/mol. The molecular formula is C13H11N3. The Kier molecular flexibility index (Phi) is 1.96. The van der Waals surface area contributed by atoms with Gasteiger partial charge in [-0.15, -0.1) is 0 Å². The highest BCUT2D eigenvalue weighted by Gasteiger charge is 2.07. The minimum Gasteiger partial charge on any atom is -0.275 e. The molecule has 0 aliphatic carbocycles. The molecule has 3 nitrogen and oxygen atoms in total. The molecule has 1 N–H and O–H groups in total. The van der Waals surface area contributed by atoms with Crippen molar-refractivity contribution in [3.8, 4) is 11.3 Å². The van der Waals surface area contributed by atoms with Crippen molar-refractivity contribution in [3.63, 3.8) is 0 Å². The van der Waals surface area contributed by atoms with Crippen molar-refractivity contribution in [3.05, 3.63) is 48.2 Å². The Morgan fingerprint density at radius 1 is 1.12 bits per heavy atom. The van der Waals surface area contributed by atoms with E-state index < -0.39 is 0 Å². The minimum atomic E-state index is 0.768. The summed E-state index contributed by atoms with van der Waals surface area (Å²) in [6.45, 7) is 2.04. The maximum atomic E-state index is 4.28. The van der Waals surface area contributed by atoms with Crippen molar-refractivity contribution < 1.29 is 0 Å². The molecule has 0 saturated heterocycles. The van der Waals surface area contributed by atoms with Crippen LogP contribution in [0.2, 0.25) is 0 Å². The first-order chi connectivity index (χ1) is 7.84. The van der Waals surface area contributed by atoms with Gasteiger partial charge < -0.3 is 0 Å². The van der Waals surface area contributed by atoms with Crippen LogP contribution in [0.4, 0.5) is 0 Å². The maximum Gasteiger partial charge on any atom is 0.181 e. The van der Waals surface area contributed by atoms with Gasteiger partial charge in [-0.2, -0.15) is 5.10 Å². The lowest BCUT2D eigenvalue weighted by Crippen LogP contribution is -1.80. The number of aromatic nitrogens is 3. The third-order valence-corrected chi connectivity index (χ3v) is 2.61. The number of aromatic amines is 1. The molecule has 0 radical (unpaired) electrons. The molecule has 0 aliphatic heterocycles. The number of H-pyrrole nitrogens is 1. The van der Waals surface area contributed by atoms with E-state index in [2.05, 4.69) is 33.4 Å². The highest BCUT2D eigenvalue weighted by Crippen LogP contribution is 2.25. The van der Waals surface area contributed by atoms with Gasteiger partial charge in [-0.05, 0) is 18.6 Å². The smallest absolute Gasteiger partial charge is 0.181 e. The standard InChI is InChI=1S/C13H11N3/c1-9-7-11-12(10-5-3-2-4-6-10)15-16-13(11)14-8-9/h2-8H,1H3,(H,14,15,16). The summed E-state index contributed by atoms with van der Waals surface area (Å²) in [4.78, 5) is 4.28. The Bertz CT molecular complexity index is 626. The fourth-order valence-electron chi connectivity index (χ4n) is 1.83. The summed E-state index contributed by atoms with van der Waals surface area (Å²) >= 11 is 0. The number of aryl methyl sites for hydroxylation is 1. The fraction of sp³-hybridized carbons (Fsp3) is 0.0769. The van der Waals surface area contributed by atoms with Crippen molar-refractivity contribution >= 4 is 11.0 Å². The molecule has 3 heteroatoms. The van der Waals surface area contributed by atoms with Crippen molar-refractivity contribution in [1.29, 1.82) is 0 Å². The molecule has 0 saturated carbocycles. The van der Waals surface area contributed by atoms with Crippen LogP contribution in [0.25, 0.3) is 22.3 Å². The second-order valence-electron chi connectivity index (χ2n) is 3.85. The average Bonchev–Trinajstić information content (AvgIpc) is 2.73. The van der Waals surface area contributed by atoms with Crippen LogP contribution in [-0.2, 0) is 0 Å². The van der Waals surface area contributed by atoms with E-state index in [1.807, 2.05) is 31.3 Å². The number of fused-ring (bicyclic) bond motifs is 1. The number of nitrogens with one attached hydrogen (secondary N) is 1. The lowest BCUT2D eigenvalue weighted by Gasteiger charge is -1.98. The Labute approximate surface area is 93.2 Å². The summed E-state index contributed by atoms with van der Waals surface area (Å²) in [5.41, 5.74) is 4.08. The van der Waals surface area contributed by atoms with Crippen LogP contribution >= 0.6 is 0 Å². The van der Waals surface area contributed by atoms with Crippen LogP contribution in [0, 0.1) is 6.92 Å². The van der Waals surface area contributed by atoms with E-state index in [1.165, 1.54) is 0 Å². The largest absolute Gasteiger partial charge is 0.275 e. The van der Waals surface area contributed by atoms with Crippen molar-refractivity contribution in [1.82, 2.24) is 15.2 Å². The van der Waals surface area contributed by atoms with E-state index in [-0.39, 0.29) is 0 Å². The van der Waals surface area contributed by atoms with E-state index in [4.69, 9.17) is 0 Å². The third kappa shape index (κ3) is 1.37. The zero-order chi connectivity index (χ0) is 11.0. The van der Waals surface area contributed by atoms with Crippen LogP contribution in [0.3, 0.4) is 0 Å². The van der Waals surface area contributed by atoms with E-state index in [0.29, 0.717) is 0 Å². The summed E-state index contributed by atoms with van der Waals surface area (Å²) in [7, 11) is 0. The number of pyridine rings is 1. The molecule has 0 amide bonds. The predicted molar refractivity (Wildman–Crippen MR) is 64.1 cm³/mol. The molecule has 2 aromatic heterocycles. The SMILES string of the molecule is Cc1cnc2n[nH]c(-c3ccccc3)c2c1. The number of nitrogens with zero attached hydrogens (tertiary/aromatic N) is 2. The first kappa shape index (κ1) is 9.09. The molecule has 78 valence electrons. The molecule has 0 spiro atoms. The Morgan fingerprint density at radius 2 is 1.94 bits per heavy atom. The van der Waals surface area contributed by atoms with Gasteiger partial charge in [-0.1, -0.05) is 30.3 Å². The van der Waals surface area contributed by atoms with Gasteiger partial charge in [-0.25, -0.2) is 4.98 Å². The Balaban J connectivity index is 2.29. The molecule has 3 aromatic rings. The lowest BCUT2D eigenvalue weighted by atomic mass is 10.1. The minimum absolute atomic E-state index is 0.768. The Hall–Kier alpha value is -2.16. The zero-order valence-corrected chi connectivity index (χ0v) is 8.94. The van der Waals surface area contributed by atoms with Crippen LogP contribution in [0.5, 0.6) is 0 Å². The van der Waals surface area contributed by atoms with Gasteiger partial charge in [0.15, 0.2) is 5.65 Å². The van der Waals surface area contributed by atoms with Gasteiger partial charge in [0.2, 0.25) is 0 Å². The van der Waals surface area contributed by atoms with Crippen molar-refractivity contribution in [2.75, 3.05) is 0 Å². The van der Waals surface area contributed by atoms with Gasteiger partial charge in [-0.3, -0.25) is 5.10 Å². The topological polar surface area (TPSA) is 41.6 Å². The second kappa shape index (κ2) is 3.45. The first-order valence-corrected chi connectivity index (χ1v) is 5.21. The van der Waals surface area contributed by atoms with Crippen LogP contribution < -0.4 is 0 Å². The van der Waals surface area contributed by atoms with E-state index in [1.54, 1.807) is 0 Å². The summed E-state index contributed by atoms with van der Waals surface area (Å²) in [6.07, 6.45) is 1.83. The molecule has 0 aliphatic rings. The van der Waals surface area contributed by atoms with Crippen LogP contribution in [-0.4, -0.2) is 15.2 Å².